The van der Waals surface area contributed by atoms with E-state index in [1.165, 1.54) is 15.9 Å². The molecule has 2 aliphatic rings. The van der Waals surface area contributed by atoms with Crippen LogP contribution in [-0.4, -0.2) is 64.4 Å². The zero-order valence-electron chi connectivity index (χ0n) is 21.3. The third kappa shape index (κ3) is 4.08. The number of fused-ring (bicyclic) bond motifs is 2. The molecule has 2 aromatic carbocycles. The Morgan fingerprint density at radius 2 is 1.82 bits per heavy atom. The third-order valence-electron chi connectivity index (χ3n) is 7.91. The fourth-order valence-corrected chi connectivity index (χ4v) is 6.99. The standard InChI is InChI=1S/C29H26ClN5O3S/c1-29(16-38-17-29)34-10-8-33(9-11-34)19-7-6-18-14-31-15-24(21(18)12-19)35-27(36)26-23(32-28(35)37)13-25(39-26)20-4-2-3-5-22(20)30/h2-7,12-15H,8-11,16-17H2,1H3,(H,32,37). The first-order chi connectivity index (χ1) is 18.9. The van der Waals surface area contributed by atoms with Crippen molar-refractivity contribution in [3.05, 3.63) is 86.8 Å². The van der Waals surface area contributed by atoms with Crippen LogP contribution in [0.3, 0.4) is 0 Å². The van der Waals surface area contributed by atoms with Gasteiger partial charge in [0.25, 0.3) is 5.56 Å². The van der Waals surface area contributed by atoms with Gasteiger partial charge in [-0.15, -0.1) is 11.3 Å². The van der Waals surface area contributed by atoms with Gasteiger partial charge >= 0.3 is 5.69 Å². The van der Waals surface area contributed by atoms with Crippen molar-refractivity contribution in [2.24, 2.45) is 0 Å². The number of nitrogens with one attached hydrogen (secondary N) is 1. The van der Waals surface area contributed by atoms with Crippen molar-refractivity contribution in [2.45, 2.75) is 12.5 Å². The normalized spacial score (nSPS) is 17.5. The molecule has 2 fully saturated rings. The maximum absolute atomic E-state index is 13.7. The highest BCUT2D eigenvalue weighted by Crippen LogP contribution is 2.35. The minimum Gasteiger partial charge on any atom is -0.377 e. The van der Waals surface area contributed by atoms with Gasteiger partial charge in [-0.05, 0) is 31.2 Å². The van der Waals surface area contributed by atoms with Gasteiger partial charge in [-0.2, -0.15) is 0 Å². The van der Waals surface area contributed by atoms with E-state index >= 15 is 0 Å². The van der Waals surface area contributed by atoms with Gasteiger partial charge < -0.3 is 14.6 Å². The molecule has 198 valence electrons. The highest BCUT2D eigenvalue weighted by atomic mass is 35.5. The van der Waals surface area contributed by atoms with Gasteiger partial charge in [0.2, 0.25) is 0 Å². The van der Waals surface area contributed by atoms with Crippen LogP contribution in [0.4, 0.5) is 5.69 Å². The number of thiophene rings is 1. The van der Waals surface area contributed by atoms with E-state index in [4.69, 9.17) is 16.3 Å². The van der Waals surface area contributed by atoms with Crippen LogP contribution in [0.25, 0.3) is 37.1 Å². The van der Waals surface area contributed by atoms with Crippen LogP contribution in [0, 0.1) is 0 Å². The van der Waals surface area contributed by atoms with Crippen molar-refractivity contribution < 1.29 is 4.74 Å². The molecule has 0 aliphatic carbocycles. The second-order valence-corrected chi connectivity index (χ2v) is 11.9. The van der Waals surface area contributed by atoms with Crippen molar-refractivity contribution in [2.75, 3.05) is 44.3 Å². The van der Waals surface area contributed by atoms with Gasteiger partial charge in [0, 0.05) is 64.3 Å². The third-order valence-corrected chi connectivity index (χ3v) is 9.40. The quantitative estimate of drug-likeness (QED) is 0.349. The van der Waals surface area contributed by atoms with Crippen LogP contribution < -0.4 is 16.1 Å². The average molecular weight is 560 g/mol. The molecule has 0 saturated carbocycles. The Morgan fingerprint density at radius 1 is 1.03 bits per heavy atom. The number of rotatable bonds is 4. The summed E-state index contributed by atoms with van der Waals surface area (Å²) < 4.78 is 7.12. The fourth-order valence-electron chi connectivity index (χ4n) is 5.62. The molecule has 0 radical (unpaired) electrons. The van der Waals surface area contributed by atoms with Gasteiger partial charge in [-0.3, -0.25) is 14.7 Å². The number of pyridine rings is 1. The van der Waals surface area contributed by atoms with Crippen molar-refractivity contribution in [3.63, 3.8) is 0 Å². The first-order valence-electron chi connectivity index (χ1n) is 12.9. The first-order valence-corrected chi connectivity index (χ1v) is 14.1. The number of hydrogen-bond donors (Lipinski definition) is 1. The van der Waals surface area contributed by atoms with E-state index in [0.717, 1.165) is 66.3 Å². The van der Waals surface area contributed by atoms with Gasteiger partial charge in [0.15, 0.2) is 0 Å². The number of halogens is 1. The number of ether oxygens (including phenoxy) is 1. The molecule has 10 heteroatoms. The van der Waals surface area contributed by atoms with E-state index in [9.17, 15) is 9.59 Å². The Hall–Kier alpha value is -3.50. The number of nitrogens with zero attached hydrogens (tertiary/aromatic N) is 4. The lowest BCUT2D eigenvalue weighted by Gasteiger charge is -2.50. The van der Waals surface area contributed by atoms with Crippen LogP contribution in [-0.2, 0) is 4.74 Å². The topological polar surface area (TPSA) is 83.5 Å². The number of benzene rings is 2. The Morgan fingerprint density at radius 3 is 2.56 bits per heavy atom. The molecule has 3 aromatic heterocycles. The fraction of sp³-hybridized carbons (Fsp3) is 0.276. The molecular weight excluding hydrogens is 534 g/mol. The van der Waals surface area contributed by atoms with E-state index in [1.54, 1.807) is 12.4 Å². The van der Waals surface area contributed by atoms with E-state index < -0.39 is 5.69 Å². The van der Waals surface area contributed by atoms with Gasteiger partial charge in [-0.25, -0.2) is 9.36 Å². The minimum absolute atomic E-state index is 0.142. The number of aromatic amines is 1. The Balaban J connectivity index is 1.29. The Kier molecular flexibility index (Phi) is 5.85. The average Bonchev–Trinajstić information content (AvgIpc) is 3.36. The zero-order chi connectivity index (χ0) is 26.7. The predicted molar refractivity (Wildman–Crippen MR) is 157 cm³/mol. The van der Waals surface area contributed by atoms with Crippen molar-refractivity contribution in [1.82, 2.24) is 19.4 Å². The molecule has 1 N–H and O–H groups in total. The summed E-state index contributed by atoms with van der Waals surface area (Å²) in [6.45, 7) is 7.56. The van der Waals surface area contributed by atoms with Crippen molar-refractivity contribution in [3.8, 4) is 16.1 Å². The molecule has 0 amide bonds. The predicted octanol–water partition coefficient (Wildman–Crippen LogP) is 4.52. The molecule has 39 heavy (non-hydrogen) atoms. The highest BCUT2D eigenvalue weighted by molar-refractivity contribution is 7.22. The van der Waals surface area contributed by atoms with Crippen LogP contribution in [0.15, 0.2) is 70.5 Å². The van der Waals surface area contributed by atoms with Crippen LogP contribution in [0.1, 0.15) is 6.92 Å². The molecule has 0 bridgehead atoms. The number of hydrogen-bond acceptors (Lipinski definition) is 7. The summed E-state index contributed by atoms with van der Waals surface area (Å²) in [6, 6.07) is 15.4. The van der Waals surface area contributed by atoms with Crippen molar-refractivity contribution >= 4 is 49.6 Å². The van der Waals surface area contributed by atoms with Gasteiger partial charge in [-0.1, -0.05) is 35.9 Å². The monoisotopic (exact) mass is 559 g/mol. The number of anilines is 1. The number of H-pyrrole nitrogens is 1. The van der Waals surface area contributed by atoms with Crippen LogP contribution >= 0.6 is 22.9 Å². The lowest BCUT2D eigenvalue weighted by molar-refractivity contribution is -0.131. The Bertz CT molecular complexity index is 1850. The van der Waals surface area contributed by atoms with Crippen molar-refractivity contribution in [1.29, 1.82) is 0 Å². The van der Waals surface area contributed by atoms with E-state index in [2.05, 4.69) is 38.8 Å². The SMILES string of the molecule is CC1(N2CCN(c3ccc4cncc(-n5c(=O)[nH]c6cc(-c7ccccc7Cl)sc6c5=O)c4c3)CC2)COC1. The Labute approximate surface area is 233 Å². The lowest BCUT2D eigenvalue weighted by atomic mass is 9.97. The summed E-state index contributed by atoms with van der Waals surface area (Å²) in [5, 5.41) is 2.26. The van der Waals surface area contributed by atoms with Gasteiger partial charge in [0.05, 0.1) is 36.2 Å². The molecular formula is C29H26ClN5O3S. The maximum Gasteiger partial charge on any atom is 0.333 e. The minimum atomic E-state index is -0.500. The van der Waals surface area contributed by atoms with Crippen LogP contribution in [0.2, 0.25) is 5.02 Å². The first kappa shape index (κ1) is 24.5. The molecule has 0 unspecified atom stereocenters. The summed E-state index contributed by atoms with van der Waals surface area (Å²) >= 11 is 7.72. The van der Waals surface area contributed by atoms with E-state index in [0.29, 0.717) is 20.9 Å². The summed E-state index contributed by atoms with van der Waals surface area (Å²) in [5.41, 5.74) is 2.12. The maximum atomic E-state index is 13.7. The molecule has 2 aliphatic heterocycles. The molecule has 2 saturated heterocycles. The molecule has 0 atom stereocenters. The highest BCUT2D eigenvalue weighted by Gasteiger charge is 2.40. The number of aromatic nitrogens is 3. The lowest BCUT2D eigenvalue weighted by Crippen LogP contribution is -2.64. The summed E-state index contributed by atoms with van der Waals surface area (Å²) in [6.07, 6.45) is 3.35. The second kappa shape index (κ2) is 9.31. The number of piperazine rings is 1. The smallest absolute Gasteiger partial charge is 0.333 e. The molecule has 5 heterocycles. The molecule has 0 spiro atoms. The zero-order valence-corrected chi connectivity index (χ0v) is 22.9. The summed E-state index contributed by atoms with van der Waals surface area (Å²) in [4.78, 5) is 40.0. The largest absolute Gasteiger partial charge is 0.377 e. The van der Waals surface area contributed by atoms with Gasteiger partial charge in [0.1, 0.15) is 4.70 Å². The molecule has 7 rings (SSSR count). The summed E-state index contributed by atoms with van der Waals surface area (Å²) in [5.74, 6) is 0. The van der Waals surface area contributed by atoms with E-state index in [-0.39, 0.29) is 11.1 Å². The summed E-state index contributed by atoms with van der Waals surface area (Å²) in [7, 11) is 0. The molecule has 8 nitrogen and oxygen atoms in total. The van der Waals surface area contributed by atoms with E-state index in [1.807, 2.05) is 36.4 Å². The van der Waals surface area contributed by atoms with Crippen LogP contribution in [0.5, 0.6) is 0 Å². The second-order valence-electron chi connectivity index (χ2n) is 10.4. The molecule has 5 aromatic rings.